The third-order valence-corrected chi connectivity index (χ3v) is 11.7. The maximum atomic E-state index is 11.7. The molecular formula is C18H33NO2Si. The lowest BCUT2D eigenvalue weighted by molar-refractivity contribution is -0.124. The van der Waals surface area contributed by atoms with E-state index in [1.807, 2.05) is 0 Å². The molecular weight excluding hydrogens is 290 g/mol. The Morgan fingerprint density at radius 3 is 2.23 bits per heavy atom. The molecule has 0 aromatic heterocycles. The Bertz CT molecular complexity index is 421. The zero-order valence-electron chi connectivity index (χ0n) is 15.1. The van der Waals surface area contributed by atoms with Crippen LogP contribution in [0.1, 0.15) is 67.2 Å². The van der Waals surface area contributed by atoms with Crippen molar-refractivity contribution in [3.8, 4) is 0 Å². The monoisotopic (exact) mass is 323 g/mol. The number of carbonyl (C=O) groups excluding carboxylic acids is 1. The summed E-state index contributed by atoms with van der Waals surface area (Å²) in [6.45, 7) is 14.0. The largest absolute Gasteiger partial charge is 0.546 e. The molecule has 0 spiro atoms. The van der Waals surface area contributed by atoms with Crippen molar-refractivity contribution >= 4 is 14.2 Å². The number of allylic oxidation sites excluding steroid dienone is 1. The Morgan fingerprint density at radius 1 is 1.09 bits per heavy atom. The first-order chi connectivity index (χ1) is 10.3. The van der Waals surface area contributed by atoms with Crippen molar-refractivity contribution in [2.24, 2.45) is 5.92 Å². The molecule has 0 aromatic carbocycles. The van der Waals surface area contributed by atoms with Gasteiger partial charge in [0.1, 0.15) is 0 Å². The highest BCUT2D eigenvalue weighted by Gasteiger charge is 2.49. The van der Waals surface area contributed by atoms with Crippen LogP contribution in [0.2, 0.25) is 16.6 Å². The van der Waals surface area contributed by atoms with E-state index in [0.29, 0.717) is 35.0 Å². The molecule has 1 amide bonds. The molecule has 4 heteroatoms. The van der Waals surface area contributed by atoms with Gasteiger partial charge in [0.15, 0.2) is 0 Å². The predicted molar refractivity (Wildman–Crippen MR) is 94.1 cm³/mol. The van der Waals surface area contributed by atoms with E-state index in [2.05, 4.69) is 52.9 Å². The molecule has 22 heavy (non-hydrogen) atoms. The third kappa shape index (κ3) is 3.12. The van der Waals surface area contributed by atoms with Gasteiger partial charge >= 0.3 is 0 Å². The minimum atomic E-state index is -1.89. The van der Waals surface area contributed by atoms with Crippen LogP contribution in [0.3, 0.4) is 0 Å². The number of amides is 1. The number of rotatable bonds is 5. The average Bonchev–Trinajstić information content (AvgIpc) is 2.43. The summed E-state index contributed by atoms with van der Waals surface area (Å²) in [7, 11) is -1.89. The molecule has 2 aliphatic rings. The maximum Gasteiger partial charge on any atom is 0.258 e. The van der Waals surface area contributed by atoms with E-state index < -0.39 is 8.32 Å². The van der Waals surface area contributed by atoms with Gasteiger partial charge in [-0.25, -0.2) is 0 Å². The van der Waals surface area contributed by atoms with E-state index in [0.717, 1.165) is 19.3 Å². The van der Waals surface area contributed by atoms with Crippen molar-refractivity contribution in [1.29, 1.82) is 0 Å². The number of nitrogens with one attached hydrogen (secondary N) is 1. The van der Waals surface area contributed by atoms with E-state index in [9.17, 15) is 4.79 Å². The normalized spacial score (nSPS) is 26.0. The summed E-state index contributed by atoms with van der Waals surface area (Å²) in [5.74, 6) is 1.80. The van der Waals surface area contributed by atoms with Crippen LogP contribution in [0, 0.1) is 5.92 Å². The molecule has 1 fully saturated rings. The zero-order valence-corrected chi connectivity index (χ0v) is 16.1. The van der Waals surface area contributed by atoms with Gasteiger partial charge in [0.05, 0.1) is 5.76 Å². The van der Waals surface area contributed by atoms with Gasteiger partial charge in [-0.15, -0.1) is 0 Å². The molecule has 1 aliphatic carbocycles. The number of hydrogen-bond acceptors (Lipinski definition) is 2. The van der Waals surface area contributed by atoms with Crippen molar-refractivity contribution < 1.29 is 9.22 Å². The van der Waals surface area contributed by atoms with Crippen LogP contribution in [-0.2, 0) is 9.22 Å². The highest BCUT2D eigenvalue weighted by atomic mass is 28.4. The number of fused-ring (bicyclic) bond motifs is 1. The van der Waals surface area contributed by atoms with Gasteiger partial charge < -0.3 is 9.74 Å². The molecule has 2 rings (SSSR count). The second-order valence-corrected chi connectivity index (χ2v) is 13.3. The second-order valence-electron chi connectivity index (χ2n) is 7.92. The summed E-state index contributed by atoms with van der Waals surface area (Å²) >= 11 is 0. The quantitative estimate of drug-likeness (QED) is 0.741. The highest BCUT2D eigenvalue weighted by Crippen LogP contribution is 2.46. The van der Waals surface area contributed by atoms with Gasteiger partial charge in [-0.2, -0.15) is 0 Å². The zero-order chi connectivity index (χ0) is 16.5. The topological polar surface area (TPSA) is 38.3 Å². The lowest BCUT2D eigenvalue weighted by atomic mass is 9.82. The molecule has 0 bridgehead atoms. The number of carbonyl (C=O) groups is 1. The summed E-state index contributed by atoms with van der Waals surface area (Å²) in [5, 5.41) is 3.18. The average molecular weight is 324 g/mol. The molecule has 1 N–H and O–H groups in total. The van der Waals surface area contributed by atoms with E-state index in [-0.39, 0.29) is 5.91 Å². The fraction of sp³-hybridized carbons (Fsp3) is 0.833. The Kier molecular flexibility index (Phi) is 5.41. The second kappa shape index (κ2) is 6.77. The maximum absolute atomic E-state index is 11.7. The first kappa shape index (κ1) is 17.6. The smallest absolute Gasteiger partial charge is 0.258 e. The SMILES string of the molecule is CC(C)[Si](OC1=CCC[C@H]2NC(=O)CC[C@@H]12)(C(C)C)C(C)C. The minimum Gasteiger partial charge on any atom is -0.546 e. The standard InChI is InChI=1S/C18H33NO2Si/c1-12(2)22(13(3)4,14(5)6)21-17-9-7-8-16-15(17)10-11-18(20)19-16/h9,12-16H,7-8,10-11H2,1-6H3,(H,19,20)/t15-,16-/m1/s1. The lowest BCUT2D eigenvalue weighted by Gasteiger charge is -2.46. The summed E-state index contributed by atoms with van der Waals surface area (Å²) < 4.78 is 6.92. The van der Waals surface area contributed by atoms with Gasteiger partial charge in [-0.05, 0) is 42.0 Å². The highest BCUT2D eigenvalue weighted by molar-refractivity contribution is 6.77. The Hall–Kier alpha value is -0.773. The Labute approximate surface area is 137 Å². The Balaban J connectivity index is 2.26. The lowest BCUT2D eigenvalue weighted by Crippen LogP contribution is -2.52. The molecule has 126 valence electrons. The predicted octanol–water partition coefficient (Wildman–Crippen LogP) is 4.75. The minimum absolute atomic E-state index is 0.211. The summed E-state index contributed by atoms with van der Waals surface area (Å²) in [6.07, 6.45) is 5.98. The summed E-state index contributed by atoms with van der Waals surface area (Å²) in [6, 6.07) is 0.291. The molecule has 0 saturated carbocycles. The summed E-state index contributed by atoms with van der Waals surface area (Å²) in [4.78, 5) is 11.7. The molecule has 0 radical (unpaired) electrons. The third-order valence-electron chi connectivity index (χ3n) is 5.70. The van der Waals surface area contributed by atoms with Gasteiger partial charge in [0, 0.05) is 18.4 Å². The summed E-state index contributed by atoms with van der Waals surface area (Å²) in [5.41, 5.74) is 1.77. The molecule has 1 heterocycles. The van der Waals surface area contributed by atoms with E-state index in [1.165, 1.54) is 5.76 Å². The molecule has 1 aliphatic heterocycles. The van der Waals surface area contributed by atoms with Crippen LogP contribution in [-0.4, -0.2) is 20.3 Å². The van der Waals surface area contributed by atoms with Crippen LogP contribution < -0.4 is 5.32 Å². The van der Waals surface area contributed by atoms with Crippen molar-refractivity contribution in [2.75, 3.05) is 0 Å². The molecule has 1 saturated heterocycles. The van der Waals surface area contributed by atoms with Crippen LogP contribution >= 0.6 is 0 Å². The van der Waals surface area contributed by atoms with E-state index >= 15 is 0 Å². The van der Waals surface area contributed by atoms with Gasteiger partial charge in [0.2, 0.25) is 5.91 Å². The molecule has 2 atom stereocenters. The first-order valence-corrected chi connectivity index (χ1v) is 11.1. The van der Waals surface area contributed by atoms with E-state index in [4.69, 9.17) is 4.43 Å². The first-order valence-electron chi connectivity index (χ1n) is 8.97. The van der Waals surface area contributed by atoms with Crippen LogP contribution in [0.25, 0.3) is 0 Å². The van der Waals surface area contributed by atoms with Gasteiger partial charge in [-0.3, -0.25) is 4.79 Å². The van der Waals surface area contributed by atoms with Crippen LogP contribution in [0.15, 0.2) is 11.8 Å². The number of hydrogen-bond donors (Lipinski definition) is 1. The molecule has 0 aromatic rings. The fourth-order valence-electron chi connectivity index (χ4n) is 4.71. The van der Waals surface area contributed by atoms with Crippen molar-refractivity contribution in [1.82, 2.24) is 5.32 Å². The van der Waals surface area contributed by atoms with Crippen molar-refractivity contribution in [3.63, 3.8) is 0 Å². The van der Waals surface area contributed by atoms with Gasteiger partial charge in [-0.1, -0.05) is 41.5 Å². The van der Waals surface area contributed by atoms with Crippen LogP contribution in [0.4, 0.5) is 0 Å². The van der Waals surface area contributed by atoms with Crippen LogP contribution in [0.5, 0.6) is 0 Å². The van der Waals surface area contributed by atoms with E-state index in [1.54, 1.807) is 0 Å². The fourth-order valence-corrected chi connectivity index (χ4v) is 10.1. The van der Waals surface area contributed by atoms with Crippen molar-refractivity contribution in [3.05, 3.63) is 11.8 Å². The van der Waals surface area contributed by atoms with Crippen molar-refractivity contribution in [2.45, 2.75) is 89.9 Å². The number of piperidine rings is 1. The van der Waals surface area contributed by atoms with Gasteiger partial charge in [0.25, 0.3) is 8.32 Å². The molecule has 0 unspecified atom stereocenters. The Morgan fingerprint density at radius 2 is 1.68 bits per heavy atom. The molecule has 3 nitrogen and oxygen atoms in total.